The topological polar surface area (TPSA) is 269 Å². The lowest BCUT2D eigenvalue weighted by molar-refractivity contribution is -0.137. The van der Waals surface area contributed by atoms with Gasteiger partial charge in [0.1, 0.15) is 24.7 Å². The molecule has 4 N–H and O–H groups in total. The number of nitrogens with one attached hydrogen (secondary N) is 1. The summed E-state index contributed by atoms with van der Waals surface area (Å²) in [7, 11) is -7.19. The quantitative estimate of drug-likeness (QED) is 0.0212. The van der Waals surface area contributed by atoms with Gasteiger partial charge < -0.3 is 38.1 Å². The Morgan fingerprint density at radius 1 is 0.840 bits per heavy atom. The molecule has 5 rings (SSSR count). The van der Waals surface area contributed by atoms with E-state index in [4.69, 9.17) is 23.4 Å². The number of unbranched alkanes of at least 4 members (excludes halogenated alkanes) is 2. The normalized spacial score (nSPS) is 17.5. The van der Waals surface area contributed by atoms with Gasteiger partial charge in [-0.25, -0.2) is 8.78 Å². The van der Waals surface area contributed by atoms with E-state index in [1.807, 2.05) is 54.0 Å². The first-order chi connectivity index (χ1) is 35.5. The molecule has 3 aliphatic heterocycles. The van der Waals surface area contributed by atoms with Gasteiger partial charge >= 0.3 is 0 Å². The average Bonchev–Trinajstić information content (AvgIpc) is 3.77. The van der Waals surface area contributed by atoms with Gasteiger partial charge in [0.25, 0.3) is 32.1 Å². The second-order valence-corrected chi connectivity index (χ2v) is 23.5. The molecule has 0 saturated carbocycles. The number of carbonyl (C=O) groups excluding carboxylic acids is 3. The molecule has 2 atom stereocenters. The van der Waals surface area contributed by atoms with Gasteiger partial charge in [-0.1, -0.05) is 33.3 Å². The SMILES string of the molecule is COCCOCCOCCOCC[N+](CCCS(=O)(=O)O)=c1ccc2c(C(C)(C)C)cc(C=CC=C3N(CCCCCC(=O)NCCN4C(=O)C=CC4=O)c4ccc(S(=O)(=O)O)cc4C3(C)CCCS(=O)O)oc-2c1. The summed E-state index contributed by atoms with van der Waals surface area (Å²) in [6.07, 6.45) is 10.8. The van der Waals surface area contributed by atoms with Crippen LogP contribution in [-0.4, -0.2) is 155 Å². The number of nitrogens with zero attached hydrogens (tertiary/aromatic N) is 3. The van der Waals surface area contributed by atoms with E-state index in [2.05, 4.69) is 31.0 Å². The predicted molar refractivity (Wildman–Crippen MR) is 285 cm³/mol. The lowest BCUT2D eigenvalue weighted by atomic mass is 9.77. The fourth-order valence-corrected chi connectivity index (χ4v) is 10.4. The summed E-state index contributed by atoms with van der Waals surface area (Å²) in [6.45, 7) is 12.4. The summed E-state index contributed by atoms with van der Waals surface area (Å²) in [5.74, 6) is -0.427. The van der Waals surface area contributed by atoms with Crippen molar-refractivity contribution in [1.29, 1.82) is 0 Å². The molecule has 75 heavy (non-hydrogen) atoms. The minimum absolute atomic E-state index is 0.0182. The summed E-state index contributed by atoms with van der Waals surface area (Å²) in [5, 5.41) is 3.50. The van der Waals surface area contributed by atoms with Gasteiger partial charge in [0.15, 0.2) is 17.6 Å². The number of hydrogen-bond acceptors (Lipinski definition) is 14. The third-order valence-electron chi connectivity index (χ3n) is 12.8. The van der Waals surface area contributed by atoms with E-state index in [9.17, 15) is 49.1 Å². The number of fused-ring (bicyclic) bond motifs is 2. The first kappa shape index (κ1) is 60.9. The highest BCUT2D eigenvalue weighted by molar-refractivity contribution is 7.86. The van der Waals surface area contributed by atoms with E-state index < -0.39 is 54.3 Å². The van der Waals surface area contributed by atoms with Crippen LogP contribution >= 0.6 is 0 Å². The number of ether oxygens (including phenoxy) is 4. The molecule has 1 aromatic rings. The Balaban J connectivity index is 1.43. The Bertz CT molecular complexity index is 2820. The van der Waals surface area contributed by atoms with Gasteiger partial charge in [0.2, 0.25) is 11.3 Å². The van der Waals surface area contributed by atoms with Crippen LogP contribution in [0, 0.1) is 0 Å². The molecule has 4 aliphatic rings. The van der Waals surface area contributed by atoms with Crippen LogP contribution in [0.1, 0.15) is 89.5 Å². The maximum Gasteiger partial charge on any atom is 0.294 e. The van der Waals surface area contributed by atoms with Crippen LogP contribution in [0.5, 0.6) is 0 Å². The van der Waals surface area contributed by atoms with Crippen molar-refractivity contribution < 1.29 is 72.5 Å². The van der Waals surface area contributed by atoms with Gasteiger partial charge in [-0.15, -0.1) is 0 Å². The van der Waals surface area contributed by atoms with Gasteiger partial charge in [-0.3, -0.25) is 28.4 Å². The molecule has 0 saturated heterocycles. The first-order valence-corrected chi connectivity index (χ1v) is 29.3. The zero-order valence-electron chi connectivity index (χ0n) is 43.5. The fraction of sp³-hybridized carbons (Fsp3) is 0.538. The van der Waals surface area contributed by atoms with Crippen molar-refractivity contribution in [2.75, 3.05) is 102 Å². The largest absolute Gasteiger partial charge is 0.456 e. The van der Waals surface area contributed by atoms with Crippen LogP contribution in [0.4, 0.5) is 5.69 Å². The molecule has 0 bridgehead atoms. The summed E-state index contributed by atoms with van der Waals surface area (Å²) in [4.78, 5) is 39.2. The number of benzene rings is 2. The third-order valence-corrected chi connectivity index (χ3v) is 15.1. The van der Waals surface area contributed by atoms with Crippen LogP contribution in [0.15, 0.2) is 81.8 Å². The van der Waals surface area contributed by atoms with Crippen molar-refractivity contribution in [3.05, 3.63) is 94.7 Å². The first-order valence-electron chi connectivity index (χ1n) is 25.0. The smallest absolute Gasteiger partial charge is 0.294 e. The van der Waals surface area contributed by atoms with Gasteiger partial charge in [-0.05, 0) is 91.6 Å². The molecule has 3 amide bonds. The molecule has 1 aliphatic carbocycles. The Hall–Kier alpha value is -4.95. The molecule has 0 radical (unpaired) electrons. The monoisotopic (exact) mass is 1110 g/mol. The van der Waals surface area contributed by atoms with Gasteiger partial charge in [-0.2, -0.15) is 16.8 Å². The zero-order chi connectivity index (χ0) is 54.8. The Morgan fingerprint density at radius 2 is 1.52 bits per heavy atom. The summed E-state index contributed by atoms with van der Waals surface area (Å²) >= 11 is -2.08. The van der Waals surface area contributed by atoms with Crippen molar-refractivity contribution >= 4 is 60.8 Å². The van der Waals surface area contributed by atoms with Gasteiger partial charge in [0.05, 0.1) is 56.4 Å². The Kier molecular flexibility index (Phi) is 23.1. The molecule has 2 unspecified atom stereocenters. The zero-order valence-corrected chi connectivity index (χ0v) is 45.9. The number of allylic oxidation sites excluding steroid dienone is 3. The Morgan fingerprint density at radius 3 is 2.16 bits per heavy atom. The lowest BCUT2D eigenvalue weighted by Crippen LogP contribution is -2.38. The van der Waals surface area contributed by atoms with E-state index in [0.717, 1.165) is 27.1 Å². The molecule has 0 spiro atoms. The molecule has 1 aromatic carbocycles. The highest BCUT2D eigenvalue weighted by atomic mass is 32.2. The molecule has 414 valence electrons. The third kappa shape index (κ3) is 18.6. The van der Waals surface area contributed by atoms with Crippen molar-refractivity contribution in [3.63, 3.8) is 0 Å². The van der Waals surface area contributed by atoms with Crippen molar-refractivity contribution in [3.8, 4) is 11.3 Å². The van der Waals surface area contributed by atoms with Crippen molar-refractivity contribution in [1.82, 2.24) is 14.8 Å². The van der Waals surface area contributed by atoms with E-state index in [-0.39, 0.29) is 47.9 Å². The molecule has 20 nitrogen and oxygen atoms in total. The van der Waals surface area contributed by atoms with E-state index >= 15 is 0 Å². The number of anilines is 1. The molecular formula is C52H73N4O16S3+. The van der Waals surface area contributed by atoms with Crippen LogP contribution in [0.2, 0.25) is 0 Å². The van der Waals surface area contributed by atoms with Crippen LogP contribution in [-0.2, 0) is 75.5 Å². The number of imide groups is 1. The van der Waals surface area contributed by atoms with E-state index in [1.54, 1.807) is 13.2 Å². The Labute approximate surface area is 443 Å². The van der Waals surface area contributed by atoms with Gasteiger partial charge in [0, 0.05) is 85.9 Å². The fourth-order valence-electron chi connectivity index (χ4n) is 9.02. The summed E-state index contributed by atoms with van der Waals surface area (Å²) < 4.78 is 120. The lowest BCUT2D eigenvalue weighted by Gasteiger charge is -2.30. The standard InChI is InChI=1S/C52H72N4O16S3/c1-51(2,3)43-37-40(72-46-36-39(15-17-42(43)46)54(23-11-35-74(62,63)64)26-27-69-30-31-71-33-32-70-29-28-68-5)12-9-13-47-52(4,21-10-34-73(60)61)44-38-41(75(65,66)67)16-18-45(44)55(47)24-8-6-7-14-48(57)53-22-25-56-49(58)19-20-50(56)59/h9,12-13,15-20,36-38H,6-8,10-11,14,21-35H2,1-5H3,(H3-,53,57,60,61,62,63,64,65,66,67)/p+1. The number of hydrogen-bond donors (Lipinski definition) is 4. The molecule has 0 aromatic heterocycles. The molecule has 23 heteroatoms. The predicted octanol–water partition coefficient (Wildman–Crippen LogP) is 4.95. The maximum absolute atomic E-state index is 12.7. The van der Waals surface area contributed by atoms with E-state index in [0.29, 0.717) is 121 Å². The molecule has 3 heterocycles. The number of amides is 3. The average molecular weight is 1110 g/mol. The molecular weight excluding hydrogens is 1030 g/mol. The van der Waals surface area contributed by atoms with Crippen LogP contribution in [0.3, 0.4) is 0 Å². The second kappa shape index (κ2) is 28.4. The van der Waals surface area contributed by atoms with Crippen LogP contribution in [0.25, 0.3) is 17.4 Å². The summed E-state index contributed by atoms with van der Waals surface area (Å²) in [6, 6.07) is 12.2. The van der Waals surface area contributed by atoms with Crippen LogP contribution < -0.4 is 20.1 Å². The minimum Gasteiger partial charge on any atom is -0.456 e. The number of rotatable bonds is 32. The van der Waals surface area contributed by atoms with Crippen molar-refractivity contribution in [2.24, 2.45) is 0 Å². The second-order valence-electron chi connectivity index (χ2n) is 19.4. The number of carbonyl (C=O) groups is 3. The van der Waals surface area contributed by atoms with E-state index in [1.165, 1.54) is 24.3 Å². The summed E-state index contributed by atoms with van der Waals surface area (Å²) in [5.41, 5.74) is 2.70. The highest BCUT2D eigenvalue weighted by Crippen LogP contribution is 2.51. The minimum atomic E-state index is -4.60. The van der Waals surface area contributed by atoms with Crippen molar-refractivity contribution in [2.45, 2.75) is 88.4 Å². The molecule has 0 fully saturated rings. The maximum atomic E-state index is 12.7. The highest BCUT2D eigenvalue weighted by Gasteiger charge is 2.43. The number of methoxy groups -OCH3 is 1.